The first-order valence-electron chi connectivity index (χ1n) is 29.7. The number of piperidine rings is 2. The number of rotatable bonds is 19. The number of hydrogen-bond acceptors (Lipinski definition) is 17. The maximum Gasteiger partial charge on any atom is 0.293 e. The lowest BCUT2D eigenvalue weighted by atomic mass is 9.94. The molecule has 0 bridgehead atoms. The molecule has 5 amide bonds. The fourth-order valence-electron chi connectivity index (χ4n) is 12.4. The molecule has 0 spiro atoms. The summed E-state index contributed by atoms with van der Waals surface area (Å²) < 4.78 is 48.4. The second kappa shape index (κ2) is 26.0. The Morgan fingerprint density at radius 1 is 0.854 bits per heavy atom. The van der Waals surface area contributed by atoms with Crippen molar-refractivity contribution in [1.82, 2.24) is 34.7 Å². The highest BCUT2D eigenvalue weighted by Gasteiger charge is 2.41. The van der Waals surface area contributed by atoms with Crippen LogP contribution in [0.2, 0.25) is 5.02 Å². The van der Waals surface area contributed by atoms with Crippen molar-refractivity contribution in [2.75, 3.05) is 75.9 Å². The molecule has 7 heterocycles. The number of aromatic nitrogens is 2. The first-order valence-corrected chi connectivity index (χ1v) is 31.6. The Bertz CT molecular complexity index is 4000. The van der Waals surface area contributed by atoms with Gasteiger partial charge in [0.05, 0.1) is 28.2 Å². The monoisotopic (exact) mass is 1250 g/mol. The number of benzene rings is 5. The van der Waals surface area contributed by atoms with E-state index in [0.717, 1.165) is 46.7 Å². The van der Waals surface area contributed by atoms with E-state index in [1.165, 1.54) is 29.3 Å². The average Bonchev–Trinajstić information content (AvgIpc) is 1.85. The molecule has 89 heavy (non-hydrogen) atoms. The number of imide groups is 1. The van der Waals surface area contributed by atoms with Gasteiger partial charge < -0.3 is 44.9 Å². The molecule has 462 valence electrons. The van der Waals surface area contributed by atoms with Crippen molar-refractivity contribution in [3.63, 3.8) is 0 Å². The molecule has 2 aromatic heterocycles. The van der Waals surface area contributed by atoms with E-state index < -0.39 is 49.4 Å². The van der Waals surface area contributed by atoms with Crippen LogP contribution < -0.4 is 35.5 Å². The molecular formula is C64H66ClN11O12S. The van der Waals surface area contributed by atoms with Crippen LogP contribution in [0.3, 0.4) is 0 Å². The number of pyridine rings is 1. The Morgan fingerprint density at radius 2 is 1.62 bits per heavy atom. The average molecular weight is 1250 g/mol. The predicted molar refractivity (Wildman–Crippen MR) is 331 cm³/mol. The third kappa shape index (κ3) is 13.3. The number of fused-ring (bicyclic) bond motifs is 2. The number of hydrogen-bond donors (Lipinski definition) is 5. The number of likely N-dealkylation sites (tertiary alicyclic amines) is 1. The summed E-state index contributed by atoms with van der Waals surface area (Å²) in [5.74, 6) is -1.02. The number of nitrogens with zero attached hydrogens (tertiary/aromatic N) is 6. The van der Waals surface area contributed by atoms with Crippen molar-refractivity contribution in [2.24, 2.45) is 17.6 Å². The molecule has 5 aliphatic rings. The topological polar surface area (TPSA) is 294 Å². The number of piperazine rings is 1. The van der Waals surface area contributed by atoms with Crippen molar-refractivity contribution in [1.29, 1.82) is 0 Å². The number of anilines is 2. The number of nitrogens with two attached hydrogens (primary N) is 1. The lowest BCUT2D eigenvalue weighted by Crippen LogP contribution is -2.52. The van der Waals surface area contributed by atoms with Crippen molar-refractivity contribution in [3.05, 3.63) is 165 Å². The van der Waals surface area contributed by atoms with Crippen LogP contribution in [0.1, 0.15) is 82.0 Å². The SMILES string of the molecule is NC(C(=O)N1CCC(COc2cccc(-c3ccc(Cl)cc3)c2CN2CCN(c3ccc(C(=O)NS(=O)(=O)c4ccc(NCC5CCOCC5)c([N+](=O)[O-])c4)c(Oc4cnc5[nH]ccc5c4)c3)CC2)CC1)c1cccc2c1CN(C1CCC(=O)NC1=O)C2=O. The fourth-order valence-corrected chi connectivity index (χ4v) is 13.5. The van der Waals surface area contributed by atoms with Crippen molar-refractivity contribution in [2.45, 2.75) is 68.6 Å². The zero-order valence-electron chi connectivity index (χ0n) is 48.5. The minimum absolute atomic E-state index is 0.0582. The first kappa shape index (κ1) is 60.3. The van der Waals surface area contributed by atoms with Gasteiger partial charge in [-0.1, -0.05) is 48.0 Å². The standard InChI is InChI=1S/C64H66ClN11O12S/c65-43-9-7-41(8-10-43)47-3-2-6-56(87-38-40-18-23-74(24-19-40)64(81)59(66)48-4-1-5-49-51(48)37-75(63(49)80)54-15-16-58(77)70-62(54)79)52(47)36-72-25-27-73(28-26-72)44-11-13-50(57(32-44)88-45-31-42-17-22-67-60(42)69-35-45)61(78)71-89(84,85)46-12-14-53(55(33-46)76(82)83)68-34-39-20-29-86-30-21-39/h1-14,17,22,31-33,35,39-40,54,59,68H,15-16,18-21,23-30,34,36-38,66H2,(H,67,69)(H,71,78)(H,70,77,79). The van der Waals surface area contributed by atoms with Gasteiger partial charge in [0.15, 0.2) is 0 Å². The number of sulfonamides is 1. The molecule has 23 nitrogen and oxygen atoms in total. The molecule has 4 saturated heterocycles. The number of nitro groups is 1. The largest absolute Gasteiger partial charge is 0.493 e. The van der Waals surface area contributed by atoms with Crippen molar-refractivity contribution >= 4 is 79.3 Å². The zero-order chi connectivity index (χ0) is 61.9. The van der Waals surface area contributed by atoms with Crippen LogP contribution in [0.4, 0.5) is 17.1 Å². The van der Waals surface area contributed by atoms with Crippen LogP contribution in [0, 0.1) is 22.0 Å². The maximum absolute atomic E-state index is 14.2. The van der Waals surface area contributed by atoms with Gasteiger partial charge in [-0.25, -0.2) is 18.1 Å². The summed E-state index contributed by atoms with van der Waals surface area (Å²) in [5.41, 5.74) is 12.2. The maximum atomic E-state index is 14.2. The fraction of sp³-hybridized carbons (Fsp3) is 0.344. The molecule has 0 saturated carbocycles. The normalized spacial score (nSPS) is 18.2. The lowest BCUT2D eigenvalue weighted by Gasteiger charge is -2.37. The van der Waals surface area contributed by atoms with E-state index in [2.05, 4.69) is 41.2 Å². The third-order valence-corrected chi connectivity index (χ3v) is 19.0. The van der Waals surface area contributed by atoms with Gasteiger partial charge in [0.25, 0.3) is 27.5 Å². The minimum atomic E-state index is -4.64. The van der Waals surface area contributed by atoms with Crippen LogP contribution in [-0.2, 0) is 42.2 Å². The van der Waals surface area contributed by atoms with E-state index in [9.17, 15) is 42.5 Å². The van der Waals surface area contributed by atoms with Crippen molar-refractivity contribution in [3.8, 4) is 28.4 Å². The molecule has 5 aliphatic heterocycles. The second-order valence-electron chi connectivity index (χ2n) is 23.1. The number of carbonyl (C=O) groups excluding carboxylic acids is 5. The Balaban J connectivity index is 0.710. The molecule has 12 rings (SSSR count). The summed E-state index contributed by atoms with van der Waals surface area (Å²) in [6.45, 7) is 6.04. The molecule has 25 heteroatoms. The molecule has 0 aliphatic carbocycles. The summed E-state index contributed by atoms with van der Waals surface area (Å²) in [4.78, 5) is 92.6. The summed E-state index contributed by atoms with van der Waals surface area (Å²) in [5, 5.41) is 19.0. The van der Waals surface area contributed by atoms with Crippen LogP contribution in [-0.4, -0.2) is 139 Å². The summed E-state index contributed by atoms with van der Waals surface area (Å²) in [6, 6.07) is 29.0. The number of halogens is 1. The highest BCUT2D eigenvalue weighted by molar-refractivity contribution is 7.90. The molecular weight excluding hydrogens is 1180 g/mol. The summed E-state index contributed by atoms with van der Waals surface area (Å²) in [7, 11) is -4.64. The van der Waals surface area contributed by atoms with Crippen LogP contribution in [0.5, 0.6) is 17.2 Å². The van der Waals surface area contributed by atoms with Gasteiger partial charge in [0.1, 0.15) is 40.7 Å². The Labute approximate surface area is 518 Å². The van der Waals surface area contributed by atoms with Gasteiger partial charge >= 0.3 is 0 Å². The highest BCUT2D eigenvalue weighted by atomic mass is 35.5. The van der Waals surface area contributed by atoms with E-state index >= 15 is 0 Å². The molecule has 0 radical (unpaired) electrons. The van der Waals surface area contributed by atoms with E-state index in [0.29, 0.717) is 124 Å². The molecule has 5 aromatic carbocycles. The smallest absolute Gasteiger partial charge is 0.293 e. The molecule has 7 aromatic rings. The first-order chi connectivity index (χ1) is 43.0. The molecule has 4 fully saturated rings. The number of amides is 5. The van der Waals surface area contributed by atoms with E-state index in [4.69, 9.17) is 31.5 Å². The van der Waals surface area contributed by atoms with Crippen LogP contribution >= 0.6 is 11.6 Å². The van der Waals surface area contributed by atoms with E-state index in [1.807, 2.05) is 42.5 Å². The molecule has 2 unspecified atom stereocenters. The zero-order valence-corrected chi connectivity index (χ0v) is 50.1. The van der Waals surface area contributed by atoms with Gasteiger partial charge in [-0.2, -0.15) is 0 Å². The number of ether oxygens (including phenoxy) is 3. The minimum Gasteiger partial charge on any atom is -0.493 e. The number of aromatic amines is 1. The molecule has 2 atom stereocenters. The number of nitrogens with one attached hydrogen (secondary N) is 4. The van der Waals surface area contributed by atoms with E-state index in [1.54, 1.807) is 47.5 Å². The molecule has 6 N–H and O–H groups in total. The lowest BCUT2D eigenvalue weighted by molar-refractivity contribution is -0.384. The number of H-pyrrole nitrogens is 1. The number of carbonyl (C=O) groups is 5. The van der Waals surface area contributed by atoms with Gasteiger partial charge in [0, 0.05) is 124 Å². The predicted octanol–water partition coefficient (Wildman–Crippen LogP) is 7.94. The quantitative estimate of drug-likeness (QED) is 0.0292. The van der Waals surface area contributed by atoms with Gasteiger partial charge in [-0.3, -0.25) is 44.3 Å². The van der Waals surface area contributed by atoms with Crippen molar-refractivity contribution < 1.29 is 51.5 Å². The van der Waals surface area contributed by atoms with E-state index in [-0.39, 0.29) is 65.9 Å². The van der Waals surface area contributed by atoms with Crippen LogP contribution in [0.15, 0.2) is 126 Å². The summed E-state index contributed by atoms with van der Waals surface area (Å²) in [6.07, 6.45) is 6.52. The van der Waals surface area contributed by atoms with Gasteiger partial charge in [-0.05, 0) is 127 Å². The Kier molecular flexibility index (Phi) is 17.6. The number of nitro benzene ring substituents is 1. The second-order valence-corrected chi connectivity index (χ2v) is 25.2. The third-order valence-electron chi connectivity index (χ3n) is 17.5. The van der Waals surface area contributed by atoms with Crippen LogP contribution in [0.25, 0.3) is 22.2 Å². The van der Waals surface area contributed by atoms with Gasteiger partial charge in [0.2, 0.25) is 17.7 Å². The Hall–Kier alpha value is -8.94. The summed E-state index contributed by atoms with van der Waals surface area (Å²) >= 11 is 6.37. The van der Waals surface area contributed by atoms with Gasteiger partial charge in [-0.15, -0.1) is 0 Å². The Morgan fingerprint density at radius 3 is 2.38 bits per heavy atom. The highest BCUT2D eigenvalue weighted by Crippen LogP contribution is 2.38.